The third-order valence-electron chi connectivity index (χ3n) is 5.85. The Morgan fingerprint density at radius 1 is 1.05 bits per heavy atom. The van der Waals surface area contributed by atoms with Crippen molar-refractivity contribution in [2.75, 3.05) is 26.3 Å². The molecule has 0 bridgehead atoms. The molecule has 1 N–H and O–H groups in total. The summed E-state index contributed by atoms with van der Waals surface area (Å²) < 4.78 is 21.4. The van der Waals surface area contributed by atoms with Crippen LogP contribution in [0.5, 0.6) is 23.0 Å². The lowest BCUT2D eigenvalue weighted by molar-refractivity contribution is -0.128. The standard InChI is InChI=1S/C27H25N3O6S/c1-33-19-10-8-18(9-11-19)28-27-30(15-17-7-12-22-23(13-17)36-16-35-22)26(32)24(37-27)14-25(31)29-20-5-3-4-6-21(20)34-2/h3-13,24H,14-16H2,1-2H3,(H,29,31). The van der Waals surface area contributed by atoms with Crippen LogP contribution in [0.15, 0.2) is 71.7 Å². The molecule has 3 aromatic rings. The predicted molar refractivity (Wildman–Crippen MR) is 141 cm³/mol. The van der Waals surface area contributed by atoms with E-state index in [0.717, 1.165) is 5.56 Å². The lowest BCUT2D eigenvalue weighted by Crippen LogP contribution is -2.33. The molecule has 9 nitrogen and oxygen atoms in total. The molecule has 3 aromatic carbocycles. The second-order valence-electron chi connectivity index (χ2n) is 8.26. The molecular weight excluding hydrogens is 494 g/mol. The van der Waals surface area contributed by atoms with Gasteiger partial charge in [0.1, 0.15) is 16.7 Å². The minimum Gasteiger partial charge on any atom is -0.497 e. The van der Waals surface area contributed by atoms with Crippen LogP contribution in [0.3, 0.4) is 0 Å². The van der Waals surface area contributed by atoms with Crippen molar-refractivity contribution < 1.29 is 28.5 Å². The minimum absolute atomic E-state index is 0.0131. The summed E-state index contributed by atoms with van der Waals surface area (Å²) >= 11 is 1.27. The van der Waals surface area contributed by atoms with Gasteiger partial charge in [-0.3, -0.25) is 14.5 Å². The van der Waals surface area contributed by atoms with E-state index in [9.17, 15) is 9.59 Å². The molecule has 0 saturated carbocycles. The second-order valence-corrected chi connectivity index (χ2v) is 9.43. The molecule has 5 rings (SSSR count). The van der Waals surface area contributed by atoms with Crippen LogP contribution in [0.25, 0.3) is 0 Å². The lowest BCUT2D eigenvalue weighted by atomic mass is 10.1. The van der Waals surface area contributed by atoms with Gasteiger partial charge in [-0.05, 0) is 54.1 Å². The van der Waals surface area contributed by atoms with Crippen molar-refractivity contribution in [3.63, 3.8) is 0 Å². The number of rotatable bonds is 8. The smallest absolute Gasteiger partial charge is 0.242 e. The maximum atomic E-state index is 13.5. The second kappa shape index (κ2) is 10.8. The number of amidine groups is 1. The summed E-state index contributed by atoms with van der Waals surface area (Å²) in [5.41, 5.74) is 2.08. The molecule has 0 aliphatic carbocycles. The van der Waals surface area contributed by atoms with E-state index >= 15 is 0 Å². The number of aliphatic imine (C=N–C) groups is 1. The largest absolute Gasteiger partial charge is 0.497 e. The fourth-order valence-electron chi connectivity index (χ4n) is 3.98. The van der Waals surface area contributed by atoms with Crippen LogP contribution in [0.1, 0.15) is 12.0 Å². The molecule has 0 spiro atoms. The summed E-state index contributed by atoms with van der Waals surface area (Å²) in [6, 6.07) is 20.0. The molecule has 1 unspecified atom stereocenters. The highest BCUT2D eigenvalue weighted by molar-refractivity contribution is 8.15. The zero-order chi connectivity index (χ0) is 25.8. The van der Waals surface area contributed by atoms with E-state index in [1.807, 2.05) is 36.4 Å². The molecule has 0 radical (unpaired) electrons. The number of methoxy groups -OCH3 is 2. The van der Waals surface area contributed by atoms with Crippen molar-refractivity contribution in [1.82, 2.24) is 4.90 Å². The molecule has 1 saturated heterocycles. The first-order valence-electron chi connectivity index (χ1n) is 11.6. The molecule has 2 amide bonds. The fraction of sp³-hybridized carbons (Fsp3) is 0.222. The number of benzene rings is 3. The quantitative estimate of drug-likeness (QED) is 0.465. The van der Waals surface area contributed by atoms with Crippen molar-refractivity contribution in [2.24, 2.45) is 4.99 Å². The Morgan fingerprint density at radius 2 is 1.84 bits per heavy atom. The molecular formula is C27H25N3O6S. The summed E-state index contributed by atoms with van der Waals surface area (Å²) in [6.45, 7) is 0.451. The summed E-state index contributed by atoms with van der Waals surface area (Å²) in [6.07, 6.45) is -0.0131. The summed E-state index contributed by atoms with van der Waals surface area (Å²) in [5.74, 6) is 2.09. The van der Waals surface area contributed by atoms with Crippen molar-refractivity contribution in [3.05, 3.63) is 72.3 Å². The summed E-state index contributed by atoms with van der Waals surface area (Å²) in [4.78, 5) is 32.7. The molecule has 0 aromatic heterocycles. The van der Waals surface area contributed by atoms with Crippen molar-refractivity contribution >= 4 is 40.1 Å². The summed E-state index contributed by atoms with van der Waals surface area (Å²) in [7, 11) is 3.14. The van der Waals surface area contributed by atoms with E-state index in [4.69, 9.17) is 23.9 Å². The number of nitrogens with zero attached hydrogens (tertiary/aromatic N) is 2. The summed E-state index contributed by atoms with van der Waals surface area (Å²) in [5, 5.41) is 2.74. The molecule has 2 heterocycles. The Balaban J connectivity index is 1.37. The Bertz CT molecular complexity index is 1340. The molecule has 1 fully saturated rings. The predicted octanol–water partition coefficient (Wildman–Crippen LogP) is 4.59. The molecule has 2 aliphatic heterocycles. The monoisotopic (exact) mass is 519 g/mol. The Labute approximate surface area is 218 Å². The van der Waals surface area contributed by atoms with Crippen molar-refractivity contribution in [1.29, 1.82) is 0 Å². The first-order chi connectivity index (χ1) is 18.0. The van der Waals surface area contributed by atoms with Gasteiger partial charge in [-0.2, -0.15) is 0 Å². The molecule has 37 heavy (non-hydrogen) atoms. The molecule has 1 atom stereocenters. The Morgan fingerprint density at radius 3 is 2.62 bits per heavy atom. The average molecular weight is 520 g/mol. The number of carbonyl (C=O) groups excluding carboxylic acids is 2. The number of hydrogen-bond donors (Lipinski definition) is 1. The van der Waals surface area contributed by atoms with Gasteiger partial charge >= 0.3 is 0 Å². The van der Waals surface area contributed by atoms with Gasteiger partial charge in [0.2, 0.25) is 18.6 Å². The van der Waals surface area contributed by atoms with Crippen LogP contribution in [0.4, 0.5) is 11.4 Å². The SMILES string of the molecule is COc1ccc(N=C2SC(CC(=O)Nc3ccccc3OC)C(=O)N2Cc2ccc3c(c2)OCO3)cc1. The highest BCUT2D eigenvalue weighted by atomic mass is 32.2. The third-order valence-corrected chi connectivity index (χ3v) is 7.02. The fourth-order valence-corrected chi connectivity index (χ4v) is 5.13. The van der Waals surface area contributed by atoms with Crippen molar-refractivity contribution in [3.8, 4) is 23.0 Å². The van der Waals surface area contributed by atoms with Gasteiger partial charge in [0.05, 0.1) is 32.1 Å². The maximum Gasteiger partial charge on any atom is 0.242 e. The van der Waals surface area contributed by atoms with Crippen LogP contribution in [0.2, 0.25) is 0 Å². The molecule has 190 valence electrons. The number of ether oxygens (including phenoxy) is 4. The number of fused-ring (bicyclic) bond motifs is 1. The van der Waals surface area contributed by atoms with E-state index < -0.39 is 5.25 Å². The normalized spacial score (nSPS) is 17.2. The minimum atomic E-state index is -0.624. The van der Waals surface area contributed by atoms with Crippen LogP contribution in [0, 0.1) is 0 Å². The van der Waals surface area contributed by atoms with E-state index in [-0.39, 0.29) is 31.6 Å². The highest BCUT2D eigenvalue weighted by Crippen LogP contribution is 2.36. The molecule has 10 heteroatoms. The van der Waals surface area contributed by atoms with Gasteiger partial charge in [-0.25, -0.2) is 4.99 Å². The van der Waals surface area contributed by atoms with Gasteiger partial charge in [0.25, 0.3) is 0 Å². The zero-order valence-corrected chi connectivity index (χ0v) is 21.1. The van der Waals surface area contributed by atoms with Crippen LogP contribution >= 0.6 is 11.8 Å². The Hall–Kier alpha value is -4.18. The first kappa shape index (κ1) is 24.5. The maximum absolute atomic E-state index is 13.5. The molecule has 2 aliphatic rings. The number of hydrogen-bond acceptors (Lipinski definition) is 8. The number of nitrogens with one attached hydrogen (secondary N) is 1. The lowest BCUT2D eigenvalue weighted by Gasteiger charge is -2.17. The van der Waals surface area contributed by atoms with Gasteiger partial charge in [-0.1, -0.05) is 30.0 Å². The van der Waals surface area contributed by atoms with Crippen molar-refractivity contribution in [2.45, 2.75) is 18.2 Å². The van der Waals surface area contributed by atoms with Gasteiger partial charge in [0, 0.05) is 6.42 Å². The third kappa shape index (κ3) is 5.49. The van der Waals surface area contributed by atoms with Gasteiger partial charge < -0.3 is 24.3 Å². The van der Waals surface area contributed by atoms with Crippen LogP contribution in [-0.2, 0) is 16.1 Å². The van der Waals surface area contributed by atoms with E-state index in [1.54, 1.807) is 42.3 Å². The van der Waals surface area contributed by atoms with E-state index in [0.29, 0.717) is 39.5 Å². The Kier molecular flexibility index (Phi) is 7.18. The topological polar surface area (TPSA) is 98.7 Å². The van der Waals surface area contributed by atoms with Crippen LogP contribution in [-0.4, -0.2) is 48.1 Å². The number of amides is 2. The van der Waals surface area contributed by atoms with Gasteiger partial charge in [0.15, 0.2) is 16.7 Å². The number of para-hydroxylation sites is 2. The number of carbonyl (C=O) groups is 2. The van der Waals surface area contributed by atoms with Crippen LogP contribution < -0.4 is 24.3 Å². The van der Waals surface area contributed by atoms with E-state index in [2.05, 4.69) is 5.32 Å². The number of thioether (sulfide) groups is 1. The first-order valence-corrected chi connectivity index (χ1v) is 12.4. The van der Waals surface area contributed by atoms with E-state index in [1.165, 1.54) is 18.9 Å². The zero-order valence-electron chi connectivity index (χ0n) is 20.3. The van der Waals surface area contributed by atoms with Gasteiger partial charge in [-0.15, -0.1) is 0 Å². The highest BCUT2D eigenvalue weighted by Gasteiger charge is 2.39. The average Bonchev–Trinajstić information content (AvgIpc) is 3.49. The number of anilines is 1.